The Bertz CT molecular complexity index is 1080. The van der Waals surface area contributed by atoms with Crippen molar-refractivity contribution in [3.8, 4) is 5.69 Å². The van der Waals surface area contributed by atoms with E-state index in [-0.39, 0.29) is 4.90 Å². The van der Waals surface area contributed by atoms with Crippen LogP contribution in [0.3, 0.4) is 0 Å². The Kier molecular flexibility index (Phi) is 5.76. The molecule has 3 heterocycles. The zero-order valence-corrected chi connectivity index (χ0v) is 18.2. The minimum Gasteiger partial charge on any atom is -0.249 e. The molecular formula is C21H24N4O2S2. The number of hydrogen-bond acceptors (Lipinski definition) is 5. The standard InChI is InChI=1S/C21H24N4O2S2/c1-16-13-17(2)25(23-16)19-7-5-18(6-8-19)15-28-21-10-9-20(14-22-21)29(26,27)24-11-3-4-12-24/h5-10,13-14H,3-4,11-12,15H2,1-2H3. The molecule has 1 saturated heterocycles. The number of rotatable bonds is 6. The maximum Gasteiger partial charge on any atom is 0.244 e. The van der Waals surface area contributed by atoms with Crippen LogP contribution >= 0.6 is 11.8 Å². The summed E-state index contributed by atoms with van der Waals surface area (Å²) in [5.74, 6) is 0.766. The van der Waals surface area contributed by atoms with Crippen molar-refractivity contribution in [3.05, 3.63) is 65.6 Å². The number of hydrogen-bond donors (Lipinski definition) is 0. The molecule has 0 amide bonds. The average Bonchev–Trinajstić information content (AvgIpc) is 3.37. The normalized spacial score (nSPS) is 15.1. The van der Waals surface area contributed by atoms with Gasteiger partial charge in [-0.1, -0.05) is 12.1 Å². The lowest BCUT2D eigenvalue weighted by atomic mass is 10.2. The molecule has 1 aromatic carbocycles. The Morgan fingerprint density at radius 2 is 1.76 bits per heavy atom. The summed E-state index contributed by atoms with van der Waals surface area (Å²) in [7, 11) is -3.40. The van der Waals surface area contributed by atoms with Gasteiger partial charge in [0.25, 0.3) is 0 Å². The number of thioether (sulfide) groups is 1. The van der Waals surface area contributed by atoms with Gasteiger partial charge in [-0.25, -0.2) is 18.1 Å². The highest BCUT2D eigenvalue weighted by atomic mass is 32.2. The minimum absolute atomic E-state index is 0.276. The lowest BCUT2D eigenvalue weighted by molar-refractivity contribution is 0.477. The zero-order chi connectivity index (χ0) is 20.4. The number of aromatic nitrogens is 3. The van der Waals surface area contributed by atoms with Crippen molar-refractivity contribution in [1.82, 2.24) is 19.1 Å². The van der Waals surface area contributed by atoms with Gasteiger partial charge >= 0.3 is 0 Å². The van der Waals surface area contributed by atoms with Crippen LogP contribution in [0.2, 0.25) is 0 Å². The number of sulfonamides is 1. The van der Waals surface area contributed by atoms with Crippen LogP contribution < -0.4 is 0 Å². The van der Waals surface area contributed by atoms with Crippen LogP contribution in [0.5, 0.6) is 0 Å². The molecule has 0 radical (unpaired) electrons. The van der Waals surface area contributed by atoms with E-state index in [0.29, 0.717) is 13.1 Å². The summed E-state index contributed by atoms with van der Waals surface area (Å²) in [6.07, 6.45) is 3.33. The van der Waals surface area contributed by atoms with E-state index in [1.54, 1.807) is 28.2 Å². The molecule has 0 atom stereocenters. The Morgan fingerprint density at radius 3 is 2.34 bits per heavy atom. The smallest absolute Gasteiger partial charge is 0.244 e. The molecule has 6 nitrogen and oxygen atoms in total. The van der Waals surface area contributed by atoms with E-state index in [4.69, 9.17) is 0 Å². The van der Waals surface area contributed by atoms with Crippen molar-refractivity contribution in [1.29, 1.82) is 0 Å². The largest absolute Gasteiger partial charge is 0.249 e. The summed E-state index contributed by atoms with van der Waals surface area (Å²) < 4.78 is 28.6. The van der Waals surface area contributed by atoms with Crippen LogP contribution in [0, 0.1) is 13.8 Å². The Morgan fingerprint density at radius 1 is 1.03 bits per heavy atom. The van der Waals surface area contributed by atoms with Gasteiger partial charge in [-0.15, -0.1) is 11.8 Å². The number of pyridine rings is 1. The first-order chi connectivity index (χ1) is 13.9. The summed E-state index contributed by atoms with van der Waals surface area (Å²) >= 11 is 1.59. The van der Waals surface area contributed by atoms with Crippen molar-refractivity contribution in [3.63, 3.8) is 0 Å². The molecule has 1 aliphatic heterocycles. The second-order valence-electron chi connectivity index (χ2n) is 7.24. The fourth-order valence-corrected chi connectivity index (χ4v) is 5.72. The molecule has 3 aromatic rings. The zero-order valence-electron chi connectivity index (χ0n) is 16.6. The lowest BCUT2D eigenvalue weighted by Crippen LogP contribution is -2.27. The number of benzene rings is 1. The number of aryl methyl sites for hydroxylation is 2. The Balaban J connectivity index is 1.39. The molecule has 1 aliphatic rings. The molecule has 152 valence electrons. The molecule has 8 heteroatoms. The van der Waals surface area contributed by atoms with E-state index < -0.39 is 10.0 Å². The molecule has 2 aromatic heterocycles. The fraction of sp³-hybridized carbons (Fsp3) is 0.333. The lowest BCUT2D eigenvalue weighted by Gasteiger charge is -2.15. The van der Waals surface area contributed by atoms with Crippen LogP contribution in [-0.2, 0) is 15.8 Å². The molecule has 0 unspecified atom stereocenters. The summed E-state index contributed by atoms with van der Waals surface area (Å²) in [5.41, 5.74) is 4.33. The molecule has 4 rings (SSSR count). The maximum absolute atomic E-state index is 12.6. The van der Waals surface area contributed by atoms with Crippen LogP contribution in [0.15, 0.2) is 58.6 Å². The Hall–Kier alpha value is -2.16. The average molecular weight is 429 g/mol. The first-order valence-corrected chi connectivity index (χ1v) is 12.1. The summed E-state index contributed by atoms with van der Waals surface area (Å²) in [6.45, 7) is 5.24. The van der Waals surface area contributed by atoms with Gasteiger partial charge in [-0.05, 0) is 62.6 Å². The fourth-order valence-electron chi connectivity index (χ4n) is 3.46. The third kappa shape index (κ3) is 4.39. The van der Waals surface area contributed by atoms with Gasteiger partial charge in [-0.3, -0.25) is 0 Å². The van der Waals surface area contributed by atoms with Crippen molar-refractivity contribution in [2.75, 3.05) is 13.1 Å². The molecular weight excluding hydrogens is 404 g/mol. The second-order valence-corrected chi connectivity index (χ2v) is 10.2. The highest BCUT2D eigenvalue weighted by molar-refractivity contribution is 7.98. The minimum atomic E-state index is -3.40. The van der Waals surface area contributed by atoms with Crippen molar-refractivity contribution >= 4 is 21.8 Å². The van der Waals surface area contributed by atoms with Crippen LogP contribution in [0.25, 0.3) is 5.69 Å². The van der Waals surface area contributed by atoms with E-state index in [2.05, 4.69) is 40.4 Å². The van der Waals surface area contributed by atoms with Gasteiger partial charge in [0.05, 0.1) is 16.4 Å². The Labute approximate surface area is 176 Å². The summed E-state index contributed by atoms with van der Waals surface area (Å²) in [6, 6.07) is 13.8. The predicted octanol–water partition coefficient (Wildman–Crippen LogP) is 3.96. The molecule has 0 saturated carbocycles. The summed E-state index contributed by atoms with van der Waals surface area (Å²) in [5, 5.41) is 5.32. The van der Waals surface area contributed by atoms with Crippen molar-refractivity contribution in [2.45, 2.75) is 42.4 Å². The van der Waals surface area contributed by atoms with Crippen molar-refractivity contribution < 1.29 is 8.42 Å². The van der Waals surface area contributed by atoms with Crippen LogP contribution in [0.1, 0.15) is 29.8 Å². The molecule has 0 aliphatic carbocycles. The second kappa shape index (κ2) is 8.30. The maximum atomic E-state index is 12.6. The van der Waals surface area contributed by atoms with Crippen LogP contribution in [0.4, 0.5) is 0 Å². The molecule has 1 fully saturated rings. The van der Waals surface area contributed by atoms with E-state index in [0.717, 1.165) is 40.7 Å². The number of nitrogens with zero attached hydrogens (tertiary/aromatic N) is 4. The third-order valence-electron chi connectivity index (χ3n) is 4.99. The van der Waals surface area contributed by atoms with Gasteiger partial charge < -0.3 is 0 Å². The monoisotopic (exact) mass is 428 g/mol. The first kappa shape index (κ1) is 20.1. The third-order valence-corrected chi connectivity index (χ3v) is 7.89. The van der Waals surface area contributed by atoms with E-state index in [1.165, 1.54) is 11.8 Å². The van der Waals surface area contributed by atoms with Crippen molar-refractivity contribution in [2.24, 2.45) is 0 Å². The van der Waals surface area contributed by atoms with Gasteiger partial charge in [0, 0.05) is 30.7 Å². The van der Waals surface area contributed by atoms with E-state index in [1.807, 2.05) is 18.5 Å². The van der Waals surface area contributed by atoms with Gasteiger partial charge in [0.15, 0.2) is 0 Å². The van der Waals surface area contributed by atoms with Gasteiger partial charge in [-0.2, -0.15) is 9.40 Å². The predicted molar refractivity (Wildman–Crippen MR) is 115 cm³/mol. The highest BCUT2D eigenvalue weighted by Gasteiger charge is 2.27. The molecule has 29 heavy (non-hydrogen) atoms. The highest BCUT2D eigenvalue weighted by Crippen LogP contribution is 2.25. The quantitative estimate of drug-likeness (QED) is 0.556. The summed E-state index contributed by atoms with van der Waals surface area (Å²) in [4.78, 5) is 4.63. The van der Waals surface area contributed by atoms with E-state index in [9.17, 15) is 8.42 Å². The molecule has 0 N–H and O–H groups in total. The first-order valence-electron chi connectivity index (χ1n) is 9.65. The van der Waals surface area contributed by atoms with Gasteiger partial charge in [0.1, 0.15) is 4.90 Å². The van der Waals surface area contributed by atoms with Gasteiger partial charge in [0.2, 0.25) is 10.0 Å². The topological polar surface area (TPSA) is 68.1 Å². The molecule has 0 spiro atoms. The molecule has 0 bridgehead atoms. The van der Waals surface area contributed by atoms with E-state index >= 15 is 0 Å². The van der Waals surface area contributed by atoms with Crippen LogP contribution in [-0.4, -0.2) is 40.6 Å². The SMILES string of the molecule is Cc1cc(C)n(-c2ccc(CSc3ccc(S(=O)(=O)N4CCCC4)cn3)cc2)n1.